The van der Waals surface area contributed by atoms with Crippen LogP contribution in [-0.4, -0.2) is 21.8 Å². The quantitative estimate of drug-likeness (QED) is 0.814. The highest BCUT2D eigenvalue weighted by Gasteiger charge is 2.25. The summed E-state index contributed by atoms with van der Waals surface area (Å²) in [6.07, 6.45) is 1.71. The summed E-state index contributed by atoms with van der Waals surface area (Å²) in [7, 11) is 0. The topological polar surface area (TPSA) is 57.5 Å². The zero-order chi connectivity index (χ0) is 11.5. The van der Waals surface area contributed by atoms with Gasteiger partial charge in [-0.1, -0.05) is 13.8 Å². The molecule has 0 aliphatic rings. The summed E-state index contributed by atoms with van der Waals surface area (Å²) in [5.41, 5.74) is -0.449. The van der Waals surface area contributed by atoms with E-state index in [0.29, 0.717) is 24.8 Å². The average molecular weight is 228 g/mol. The number of aromatic carboxylic acids is 1. The molecule has 0 aromatic carbocycles. The fourth-order valence-electron chi connectivity index (χ4n) is 1.47. The molecule has 0 unspecified atom stereocenters. The highest BCUT2D eigenvalue weighted by molar-refractivity contribution is 7.10. The minimum atomic E-state index is -0.916. The van der Waals surface area contributed by atoms with Crippen molar-refractivity contribution in [3.63, 3.8) is 0 Å². The first-order valence-electron chi connectivity index (χ1n) is 5.04. The summed E-state index contributed by atoms with van der Waals surface area (Å²) in [5.74, 6) is -0.916. The van der Waals surface area contributed by atoms with Crippen LogP contribution in [0.3, 0.4) is 0 Å². The molecule has 15 heavy (non-hydrogen) atoms. The van der Waals surface area contributed by atoms with E-state index in [2.05, 4.69) is 0 Å². The molecule has 0 amide bonds. The van der Waals surface area contributed by atoms with Crippen LogP contribution in [0.25, 0.3) is 0 Å². The van der Waals surface area contributed by atoms with Crippen LogP contribution in [0, 0.1) is 0 Å². The highest BCUT2D eigenvalue weighted by Crippen LogP contribution is 2.26. The fourth-order valence-corrected chi connectivity index (χ4v) is 2.47. The normalized spacial score (nSPS) is 11.7. The van der Waals surface area contributed by atoms with Gasteiger partial charge in [-0.3, -0.25) is 0 Å². The lowest BCUT2D eigenvalue weighted by Crippen LogP contribution is -2.29. The van der Waals surface area contributed by atoms with Crippen molar-refractivity contribution in [1.29, 1.82) is 0 Å². The summed E-state index contributed by atoms with van der Waals surface area (Å²) in [5, 5.41) is 20.8. The Kier molecular flexibility index (Phi) is 3.88. The lowest BCUT2D eigenvalue weighted by molar-refractivity contribution is 0.0331. The highest BCUT2D eigenvalue weighted by atomic mass is 32.1. The Balaban J connectivity index is 2.88. The van der Waals surface area contributed by atoms with Crippen molar-refractivity contribution in [3.05, 3.63) is 21.9 Å². The molecule has 3 nitrogen and oxygen atoms in total. The molecule has 0 bridgehead atoms. The molecule has 0 aliphatic carbocycles. The third kappa shape index (κ3) is 2.79. The second-order valence-corrected chi connectivity index (χ2v) is 4.67. The SMILES string of the molecule is CCC(O)(CC)Cc1sccc1C(=O)O. The number of hydrogen-bond donors (Lipinski definition) is 2. The maximum Gasteiger partial charge on any atom is 0.336 e. The number of hydrogen-bond acceptors (Lipinski definition) is 3. The van der Waals surface area contributed by atoms with Crippen LogP contribution < -0.4 is 0 Å². The molecule has 0 spiro atoms. The van der Waals surface area contributed by atoms with E-state index in [0.717, 1.165) is 4.88 Å². The van der Waals surface area contributed by atoms with Crippen molar-refractivity contribution in [2.75, 3.05) is 0 Å². The zero-order valence-electron chi connectivity index (χ0n) is 8.99. The van der Waals surface area contributed by atoms with Gasteiger partial charge in [0.05, 0.1) is 11.2 Å². The first kappa shape index (κ1) is 12.2. The molecule has 1 heterocycles. The van der Waals surface area contributed by atoms with Crippen LogP contribution in [-0.2, 0) is 6.42 Å². The van der Waals surface area contributed by atoms with Crippen molar-refractivity contribution in [2.45, 2.75) is 38.7 Å². The summed E-state index contributed by atoms with van der Waals surface area (Å²) in [4.78, 5) is 11.6. The van der Waals surface area contributed by atoms with E-state index in [4.69, 9.17) is 5.11 Å². The van der Waals surface area contributed by atoms with Gasteiger partial charge in [-0.15, -0.1) is 11.3 Å². The van der Waals surface area contributed by atoms with Crippen molar-refractivity contribution >= 4 is 17.3 Å². The maximum absolute atomic E-state index is 10.9. The third-order valence-electron chi connectivity index (χ3n) is 2.78. The van der Waals surface area contributed by atoms with Gasteiger partial charge in [0.25, 0.3) is 0 Å². The second-order valence-electron chi connectivity index (χ2n) is 3.67. The Morgan fingerprint density at radius 3 is 2.53 bits per heavy atom. The van der Waals surface area contributed by atoms with Crippen LogP contribution in [0.15, 0.2) is 11.4 Å². The van der Waals surface area contributed by atoms with Crippen molar-refractivity contribution < 1.29 is 15.0 Å². The molecular weight excluding hydrogens is 212 g/mol. The van der Waals surface area contributed by atoms with E-state index >= 15 is 0 Å². The first-order valence-corrected chi connectivity index (χ1v) is 5.92. The molecule has 0 saturated heterocycles. The number of rotatable bonds is 5. The monoisotopic (exact) mass is 228 g/mol. The van der Waals surface area contributed by atoms with Gasteiger partial charge in [-0.25, -0.2) is 4.79 Å². The predicted octanol–water partition coefficient (Wildman–Crippen LogP) is 2.54. The van der Waals surface area contributed by atoms with Gasteiger partial charge in [0.2, 0.25) is 0 Å². The van der Waals surface area contributed by atoms with Gasteiger partial charge in [-0.2, -0.15) is 0 Å². The summed E-state index contributed by atoms with van der Waals surface area (Å²) < 4.78 is 0. The Morgan fingerprint density at radius 1 is 1.47 bits per heavy atom. The Bertz CT molecular complexity index is 339. The number of carbonyl (C=O) groups is 1. The summed E-state index contributed by atoms with van der Waals surface area (Å²) >= 11 is 1.39. The Morgan fingerprint density at radius 2 is 2.07 bits per heavy atom. The van der Waals surface area contributed by atoms with E-state index in [1.165, 1.54) is 11.3 Å². The molecule has 0 radical (unpaired) electrons. The molecule has 0 fully saturated rings. The minimum absolute atomic E-state index is 0.320. The van der Waals surface area contributed by atoms with E-state index in [1.807, 2.05) is 13.8 Å². The maximum atomic E-state index is 10.9. The molecule has 0 atom stereocenters. The Labute approximate surface area is 93.4 Å². The lowest BCUT2D eigenvalue weighted by Gasteiger charge is -2.24. The summed E-state index contributed by atoms with van der Waals surface area (Å²) in [6.45, 7) is 3.83. The van der Waals surface area contributed by atoms with E-state index < -0.39 is 11.6 Å². The standard InChI is InChI=1S/C11H16O3S/c1-3-11(14,4-2)7-9-8(10(12)13)5-6-15-9/h5-6,14H,3-4,7H2,1-2H3,(H,12,13). The smallest absolute Gasteiger partial charge is 0.336 e. The number of carboxylic acid groups (broad SMARTS) is 1. The molecule has 1 aromatic heterocycles. The summed E-state index contributed by atoms with van der Waals surface area (Å²) in [6, 6.07) is 1.59. The fraction of sp³-hybridized carbons (Fsp3) is 0.545. The molecule has 4 heteroatoms. The van der Waals surface area contributed by atoms with Gasteiger partial charge in [-0.05, 0) is 24.3 Å². The zero-order valence-corrected chi connectivity index (χ0v) is 9.80. The number of carboxylic acids is 1. The van der Waals surface area contributed by atoms with Crippen LogP contribution in [0.2, 0.25) is 0 Å². The van der Waals surface area contributed by atoms with Gasteiger partial charge >= 0.3 is 5.97 Å². The molecule has 2 N–H and O–H groups in total. The van der Waals surface area contributed by atoms with Gasteiger partial charge in [0.15, 0.2) is 0 Å². The van der Waals surface area contributed by atoms with Crippen LogP contribution in [0.4, 0.5) is 0 Å². The lowest BCUT2D eigenvalue weighted by atomic mass is 9.92. The average Bonchev–Trinajstić information content (AvgIpc) is 2.65. The van der Waals surface area contributed by atoms with Gasteiger partial charge < -0.3 is 10.2 Å². The molecule has 1 aromatic rings. The van der Waals surface area contributed by atoms with Gasteiger partial charge in [0.1, 0.15) is 0 Å². The molecule has 0 saturated carbocycles. The second kappa shape index (κ2) is 4.77. The largest absolute Gasteiger partial charge is 0.478 e. The van der Waals surface area contributed by atoms with Crippen LogP contribution >= 0.6 is 11.3 Å². The Hall–Kier alpha value is -0.870. The molecular formula is C11H16O3S. The number of aliphatic hydroxyl groups is 1. The van der Waals surface area contributed by atoms with E-state index in [-0.39, 0.29) is 0 Å². The molecule has 0 aliphatic heterocycles. The number of thiophene rings is 1. The molecule has 1 rings (SSSR count). The van der Waals surface area contributed by atoms with Crippen LogP contribution in [0.5, 0.6) is 0 Å². The first-order chi connectivity index (χ1) is 7.02. The minimum Gasteiger partial charge on any atom is -0.478 e. The van der Waals surface area contributed by atoms with Crippen molar-refractivity contribution in [2.24, 2.45) is 0 Å². The van der Waals surface area contributed by atoms with Crippen LogP contribution in [0.1, 0.15) is 41.9 Å². The third-order valence-corrected chi connectivity index (χ3v) is 3.70. The van der Waals surface area contributed by atoms with E-state index in [1.54, 1.807) is 11.4 Å². The van der Waals surface area contributed by atoms with Crippen molar-refractivity contribution in [1.82, 2.24) is 0 Å². The van der Waals surface area contributed by atoms with Crippen molar-refractivity contribution in [3.8, 4) is 0 Å². The van der Waals surface area contributed by atoms with E-state index in [9.17, 15) is 9.90 Å². The van der Waals surface area contributed by atoms with Gasteiger partial charge in [0, 0.05) is 11.3 Å². The predicted molar refractivity (Wildman–Crippen MR) is 60.5 cm³/mol. The molecule has 84 valence electrons.